The Balaban J connectivity index is 1.94. The van der Waals surface area contributed by atoms with Gasteiger partial charge in [0.15, 0.2) is 0 Å². The standard InChI is InChI=1S/C10H17NO3/c1-7-3-5-14-9(7)10(13)11-4-2-8(12)6-11/h7-9,12H,2-6H2,1H3. The van der Waals surface area contributed by atoms with Crippen LogP contribution in [0.4, 0.5) is 0 Å². The summed E-state index contributed by atoms with van der Waals surface area (Å²) >= 11 is 0. The van der Waals surface area contributed by atoms with Crippen LogP contribution in [0.5, 0.6) is 0 Å². The van der Waals surface area contributed by atoms with Crippen molar-refractivity contribution in [2.24, 2.45) is 5.92 Å². The van der Waals surface area contributed by atoms with E-state index in [0.717, 1.165) is 6.42 Å². The number of hydrogen-bond donors (Lipinski definition) is 1. The third-order valence-electron chi connectivity index (χ3n) is 3.11. The van der Waals surface area contributed by atoms with Gasteiger partial charge in [-0.2, -0.15) is 0 Å². The van der Waals surface area contributed by atoms with E-state index in [2.05, 4.69) is 0 Å². The number of aliphatic hydroxyl groups is 1. The van der Waals surface area contributed by atoms with E-state index < -0.39 is 0 Å². The minimum atomic E-state index is -0.337. The summed E-state index contributed by atoms with van der Waals surface area (Å²) in [4.78, 5) is 13.6. The number of hydrogen-bond acceptors (Lipinski definition) is 3. The molecule has 0 aromatic carbocycles. The van der Waals surface area contributed by atoms with Gasteiger partial charge in [-0.05, 0) is 18.8 Å². The average Bonchev–Trinajstić information content (AvgIpc) is 2.73. The van der Waals surface area contributed by atoms with Gasteiger partial charge in [-0.15, -0.1) is 0 Å². The summed E-state index contributed by atoms with van der Waals surface area (Å²) in [6.07, 6.45) is 1.07. The second-order valence-electron chi connectivity index (χ2n) is 4.28. The number of amides is 1. The van der Waals surface area contributed by atoms with Gasteiger partial charge >= 0.3 is 0 Å². The minimum Gasteiger partial charge on any atom is -0.391 e. The Labute approximate surface area is 83.8 Å². The number of carbonyl (C=O) groups excluding carboxylic acids is 1. The Morgan fingerprint density at radius 3 is 2.79 bits per heavy atom. The molecule has 0 radical (unpaired) electrons. The van der Waals surface area contributed by atoms with E-state index in [1.165, 1.54) is 0 Å². The highest BCUT2D eigenvalue weighted by Gasteiger charge is 2.36. The van der Waals surface area contributed by atoms with Crippen molar-refractivity contribution in [3.63, 3.8) is 0 Å². The van der Waals surface area contributed by atoms with Gasteiger partial charge in [0.1, 0.15) is 6.10 Å². The van der Waals surface area contributed by atoms with Gasteiger partial charge in [-0.1, -0.05) is 6.92 Å². The number of aliphatic hydroxyl groups excluding tert-OH is 1. The number of carbonyl (C=O) groups is 1. The quantitative estimate of drug-likeness (QED) is 0.647. The van der Waals surface area contributed by atoms with Crippen LogP contribution in [0, 0.1) is 5.92 Å². The molecule has 0 aromatic heterocycles. The maximum Gasteiger partial charge on any atom is 0.252 e. The van der Waals surface area contributed by atoms with E-state index >= 15 is 0 Å². The zero-order valence-corrected chi connectivity index (χ0v) is 8.48. The summed E-state index contributed by atoms with van der Waals surface area (Å²) in [6.45, 7) is 3.88. The first-order valence-electron chi connectivity index (χ1n) is 5.27. The molecule has 1 amide bonds. The molecule has 1 N–H and O–H groups in total. The van der Waals surface area contributed by atoms with Crippen LogP contribution in [-0.2, 0) is 9.53 Å². The maximum atomic E-state index is 11.9. The third-order valence-corrected chi connectivity index (χ3v) is 3.11. The summed E-state index contributed by atoms with van der Waals surface area (Å²) in [5.41, 5.74) is 0. The molecule has 2 aliphatic rings. The summed E-state index contributed by atoms with van der Waals surface area (Å²) in [5, 5.41) is 9.32. The smallest absolute Gasteiger partial charge is 0.252 e. The van der Waals surface area contributed by atoms with Crippen molar-refractivity contribution in [1.29, 1.82) is 0 Å². The normalized spacial score (nSPS) is 37.9. The number of ether oxygens (including phenoxy) is 1. The van der Waals surface area contributed by atoms with Crippen LogP contribution in [0.25, 0.3) is 0 Å². The Kier molecular flexibility index (Phi) is 2.74. The van der Waals surface area contributed by atoms with Gasteiger partial charge in [0, 0.05) is 19.7 Å². The predicted molar refractivity (Wildman–Crippen MR) is 50.7 cm³/mol. The zero-order chi connectivity index (χ0) is 10.1. The molecular weight excluding hydrogens is 182 g/mol. The highest BCUT2D eigenvalue weighted by atomic mass is 16.5. The van der Waals surface area contributed by atoms with E-state index in [1.54, 1.807) is 4.90 Å². The lowest BCUT2D eigenvalue weighted by molar-refractivity contribution is -0.141. The fraction of sp³-hybridized carbons (Fsp3) is 0.900. The minimum absolute atomic E-state index is 0.0616. The molecule has 0 spiro atoms. The molecule has 14 heavy (non-hydrogen) atoms. The fourth-order valence-corrected chi connectivity index (χ4v) is 2.13. The van der Waals surface area contributed by atoms with Crippen LogP contribution in [0.1, 0.15) is 19.8 Å². The lowest BCUT2D eigenvalue weighted by atomic mass is 10.0. The van der Waals surface area contributed by atoms with E-state index in [-0.39, 0.29) is 18.1 Å². The first-order chi connectivity index (χ1) is 6.68. The number of β-amino-alcohol motifs (C(OH)–C–C–N with tert-alkyl or cyclic N) is 1. The molecule has 0 saturated carbocycles. The molecule has 80 valence electrons. The van der Waals surface area contributed by atoms with Crippen LogP contribution in [-0.4, -0.2) is 47.8 Å². The Bertz CT molecular complexity index is 231. The van der Waals surface area contributed by atoms with Gasteiger partial charge in [0.2, 0.25) is 0 Å². The Morgan fingerprint density at radius 1 is 1.50 bits per heavy atom. The highest BCUT2D eigenvalue weighted by molar-refractivity contribution is 5.81. The lowest BCUT2D eigenvalue weighted by Crippen LogP contribution is -2.40. The first kappa shape index (κ1) is 9.93. The summed E-state index contributed by atoms with van der Waals surface area (Å²) < 4.78 is 5.40. The average molecular weight is 199 g/mol. The van der Waals surface area contributed by atoms with Gasteiger partial charge in [-0.3, -0.25) is 4.79 Å². The fourth-order valence-electron chi connectivity index (χ4n) is 2.13. The molecular formula is C10H17NO3. The molecule has 4 nitrogen and oxygen atoms in total. The monoisotopic (exact) mass is 199 g/mol. The van der Waals surface area contributed by atoms with Crippen molar-refractivity contribution < 1.29 is 14.6 Å². The first-order valence-corrected chi connectivity index (χ1v) is 5.27. The molecule has 2 saturated heterocycles. The SMILES string of the molecule is CC1CCOC1C(=O)N1CCC(O)C1. The molecule has 2 aliphatic heterocycles. The zero-order valence-electron chi connectivity index (χ0n) is 8.48. The van der Waals surface area contributed by atoms with Crippen molar-refractivity contribution >= 4 is 5.91 Å². The van der Waals surface area contributed by atoms with E-state index in [4.69, 9.17) is 4.74 Å². The van der Waals surface area contributed by atoms with Crippen molar-refractivity contribution in [3.05, 3.63) is 0 Å². The Morgan fingerprint density at radius 2 is 2.29 bits per heavy atom. The van der Waals surface area contributed by atoms with Gasteiger partial charge in [0.05, 0.1) is 6.10 Å². The maximum absolute atomic E-state index is 11.9. The molecule has 2 heterocycles. The largest absolute Gasteiger partial charge is 0.391 e. The molecule has 0 bridgehead atoms. The number of rotatable bonds is 1. The third kappa shape index (κ3) is 1.77. The van der Waals surface area contributed by atoms with Crippen LogP contribution in [0.3, 0.4) is 0 Å². The van der Waals surface area contributed by atoms with Crippen LogP contribution < -0.4 is 0 Å². The van der Waals surface area contributed by atoms with Gasteiger partial charge in [0.25, 0.3) is 5.91 Å². The molecule has 4 heteroatoms. The number of likely N-dealkylation sites (tertiary alicyclic amines) is 1. The van der Waals surface area contributed by atoms with Crippen molar-refractivity contribution in [2.75, 3.05) is 19.7 Å². The molecule has 0 aromatic rings. The van der Waals surface area contributed by atoms with E-state index in [0.29, 0.717) is 32.0 Å². The molecule has 2 fully saturated rings. The molecule has 2 rings (SSSR count). The van der Waals surface area contributed by atoms with E-state index in [9.17, 15) is 9.90 Å². The second-order valence-corrected chi connectivity index (χ2v) is 4.28. The van der Waals surface area contributed by atoms with Gasteiger partial charge in [-0.25, -0.2) is 0 Å². The van der Waals surface area contributed by atoms with Crippen molar-refractivity contribution in [2.45, 2.75) is 32.0 Å². The summed E-state index contributed by atoms with van der Waals surface area (Å²) in [7, 11) is 0. The summed E-state index contributed by atoms with van der Waals surface area (Å²) in [5.74, 6) is 0.381. The van der Waals surface area contributed by atoms with Crippen LogP contribution in [0.2, 0.25) is 0 Å². The number of nitrogens with zero attached hydrogens (tertiary/aromatic N) is 1. The highest BCUT2D eigenvalue weighted by Crippen LogP contribution is 2.23. The lowest BCUT2D eigenvalue weighted by Gasteiger charge is -2.21. The summed E-state index contributed by atoms with van der Waals surface area (Å²) in [6, 6.07) is 0. The van der Waals surface area contributed by atoms with Crippen LogP contribution in [0.15, 0.2) is 0 Å². The molecule has 3 atom stereocenters. The van der Waals surface area contributed by atoms with E-state index in [1.807, 2.05) is 6.92 Å². The Hall–Kier alpha value is -0.610. The molecule has 3 unspecified atom stereocenters. The molecule has 0 aliphatic carbocycles. The van der Waals surface area contributed by atoms with Crippen molar-refractivity contribution in [3.8, 4) is 0 Å². The topological polar surface area (TPSA) is 49.8 Å². The second kappa shape index (κ2) is 3.87. The predicted octanol–water partition coefficient (Wildman–Crippen LogP) is 0.00460. The van der Waals surface area contributed by atoms with Crippen molar-refractivity contribution in [1.82, 2.24) is 4.90 Å². The van der Waals surface area contributed by atoms with Gasteiger partial charge < -0.3 is 14.7 Å². The van der Waals surface area contributed by atoms with Crippen LogP contribution >= 0.6 is 0 Å².